The third-order valence-electron chi connectivity index (χ3n) is 3.47. The minimum atomic E-state index is -0.450. The van der Waals surface area contributed by atoms with Gasteiger partial charge in [-0.15, -0.1) is 0 Å². The molecule has 5 nitrogen and oxygen atoms in total. The highest BCUT2D eigenvalue weighted by atomic mass is 16.5. The van der Waals surface area contributed by atoms with Crippen molar-refractivity contribution in [2.24, 2.45) is 10.7 Å². The Bertz CT molecular complexity index is 258. The number of ether oxygens (including phenoxy) is 1. The molecule has 0 radical (unpaired) electrons. The van der Waals surface area contributed by atoms with Crippen LogP contribution < -0.4 is 5.73 Å². The van der Waals surface area contributed by atoms with Gasteiger partial charge in [-0.25, -0.2) is 0 Å². The van der Waals surface area contributed by atoms with Gasteiger partial charge in [0.1, 0.15) is 0 Å². The van der Waals surface area contributed by atoms with Crippen LogP contribution in [0.25, 0.3) is 0 Å². The first-order chi connectivity index (χ1) is 7.70. The second kappa shape index (κ2) is 5.01. The zero-order chi connectivity index (χ0) is 11.4. The maximum absolute atomic E-state index is 9.89. The van der Waals surface area contributed by atoms with Crippen LogP contribution in [-0.4, -0.2) is 54.4 Å². The largest absolute Gasteiger partial charge is 0.390 e. The van der Waals surface area contributed by atoms with Gasteiger partial charge in [-0.3, -0.25) is 4.99 Å². The Balaban J connectivity index is 1.73. The second-order valence-corrected chi connectivity index (χ2v) is 4.67. The number of aliphatic imine (C=N–C) groups is 1. The molecule has 0 spiro atoms. The standard InChI is InChI=1S/C11H21N3O2/c12-10(14-6-8-16-9-7-14)13-5-4-11(15)2-1-3-11/h15H,1-9H2,(H2,12,13). The van der Waals surface area contributed by atoms with E-state index < -0.39 is 5.60 Å². The Labute approximate surface area is 96.3 Å². The van der Waals surface area contributed by atoms with E-state index in [1.54, 1.807) is 0 Å². The predicted molar refractivity (Wildman–Crippen MR) is 62.3 cm³/mol. The molecule has 1 saturated heterocycles. The monoisotopic (exact) mass is 227 g/mol. The van der Waals surface area contributed by atoms with E-state index in [9.17, 15) is 5.11 Å². The Hall–Kier alpha value is -0.810. The molecule has 5 heteroatoms. The summed E-state index contributed by atoms with van der Waals surface area (Å²) in [6.45, 7) is 3.71. The van der Waals surface area contributed by atoms with Crippen molar-refractivity contribution in [3.05, 3.63) is 0 Å². The van der Waals surface area contributed by atoms with Crippen LogP contribution in [0, 0.1) is 0 Å². The topological polar surface area (TPSA) is 71.1 Å². The molecule has 0 aromatic rings. The summed E-state index contributed by atoms with van der Waals surface area (Å²) in [5.41, 5.74) is 5.43. The summed E-state index contributed by atoms with van der Waals surface area (Å²) in [7, 11) is 0. The van der Waals surface area contributed by atoms with Crippen LogP contribution in [0.5, 0.6) is 0 Å². The van der Waals surface area contributed by atoms with Crippen LogP contribution in [0.4, 0.5) is 0 Å². The van der Waals surface area contributed by atoms with Crippen molar-refractivity contribution in [3.63, 3.8) is 0 Å². The number of guanidine groups is 1. The zero-order valence-corrected chi connectivity index (χ0v) is 9.69. The lowest BCUT2D eigenvalue weighted by atomic mass is 9.78. The number of rotatable bonds is 3. The van der Waals surface area contributed by atoms with Gasteiger partial charge in [-0.1, -0.05) is 0 Å². The van der Waals surface area contributed by atoms with E-state index in [1.807, 2.05) is 4.90 Å². The number of morpholine rings is 1. The van der Waals surface area contributed by atoms with E-state index in [0.29, 0.717) is 12.5 Å². The molecule has 0 aromatic carbocycles. The molecule has 2 aliphatic rings. The first kappa shape index (κ1) is 11.7. The summed E-state index contributed by atoms with van der Waals surface area (Å²) in [6, 6.07) is 0. The summed E-state index contributed by atoms with van der Waals surface area (Å²) < 4.78 is 5.24. The van der Waals surface area contributed by atoms with Crippen molar-refractivity contribution in [1.82, 2.24) is 4.90 Å². The van der Waals surface area contributed by atoms with Crippen LogP contribution >= 0.6 is 0 Å². The molecule has 92 valence electrons. The van der Waals surface area contributed by atoms with Crippen LogP contribution in [0.15, 0.2) is 4.99 Å². The number of hydrogen-bond donors (Lipinski definition) is 2. The predicted octanol–water partition coefficient (Wildman–Crippen LogP) is -0.0616. The Kier molecular flexibility index (Phi) is 3.66. The molecule has 1 heterocycles. The van der Waals surface area contributed by atoms with Crippen molar-refractivity contribution < 1.29 is 9.84 Å². The van der Waals surface area contributed by atoms with Gasteiger partial charge in [0.15, 0.2) is 5.96 Å². The highest BCUT2D eigenvalue weighted by Crippen LogP contribution is 2.34. The molecule has 1 aliphatic carbocycles. The van der Waals surface area contributed by atoms with E-state index in [0.717, 1.165) is 52.0 Å². The van der Waals surface area contributed by atoms with Crippen LogP contribution in [0.2, 0.25) is 0 Å². The first-order valence-corrected chi connectivity index (χ1v) is 6.05. The average molecular weight is 227 g/mol. The van der Waals surface area contributed by atoms with Crippen molar-refractivity contribution in [3.8, 4) is 0 Å². The Morgan fingerprint density at radius 3 is 2.62 bits per heavy atom. The molecule has 0 bridgehead atoms. The van der Waals surface area contributed by atoms with Gasteiger partial charge in [0.05, 0.1) is 18.8 Å². The lowest BCUT2D eigenvalue weighted by molar-refractivity contribution is -0.0378. The van der Waals surface area contributed by atoms with Crippen molar-refractivity contribution >= 4 is 5.96 Å². The van der Waals surface area contributed by atoms with Gasteiger partial charge >= 0.3 is 0 Å². The summed E-state index contributed by atoms with van der Waals surface area (Å²) >= 11 is 0. The molecule has 0 unspecified atom stereocenters. The van der Waals surface area contributed by atoms with Gasteiger partial charge < -0.3 is 20.5 Å². The second-order valence-electron chi connectivity index (χ2n) is 4.67. The summed E-state index contributed by atoms with van der Waals surface area (Å²) in [6.07, 6.45) is 3.71. The maximum atomic E-state index is 9.89. The zero-order valence-electron chi connectivity index (χ0n) is 9.69. The molecule has 1 saturated carbocycles. The molecule has 2 rings (SSSR count). The van der Waals surface area contributed by atoms with E-state index in [-0.39, 0.29) is 0 Å². The van der Waals surface area contributed by atoms with Gasteiger partial charge in [0.25, 0.3) is 0 Å². The molecule has 0 atom stereocenters. The highest BCUT2D eigenvalue weighted by Gasteiger charge is 2.33. The minimum absolute atomic E-state index is 0.450. The fourth-order valence-electron chi connectivity index (χ4n) is 2.11. The van der Waals surface area contributed by atoms with E-state index in [4.69, 9.17) is 10.5 Å². The fraction of sp³-hybridized carbons (Fsp3) is 0.909. The van der Waals surface area contributed by atoms with E-state index in [2.05, 4.69) is 4.99 Å². The summed E-state index contributed by atoms with van der Waals surface area (Å²) in [5.74, 6) is 0.589. The third kappa shape index (κ3) is 2.86. The lowest BCUT2D eigenvalue weighted by Crippen LogP contribution is -2.45. The van der Waals surface area contributed by atoms with Gasteiger partial charge in [0.2, 0.25) is 0 Å². The van der Waals surface area contributed by atoms with Crippen molar-refractivity contribution in [2.75, 3.05) is 32.8 Å². The molecule has 0 amide bonds. The average Bonchev–Trinajstić information content (AvgIpc) is 2.28. The molecular formula is C11H21N3O2. The smallest absolute Gasteiger partial charge is 0.191 e. The van der Waals surface area contributed by atoms with E-state index >= 15 is 0 Å². The molecule has 2 fully saturated rings. The summed E-state index contributed by atoms with van der Waals surface area (Å²) in [5, 5.41) is 9.89. The lowest BCUT2D eigenvalue weighted by Gasteiger charge is -2.36. The van der Waals surface area contributed by atoms with E-state index in [1.165, 1.54) is 0 Å². The number of nitrogens with two attached hydrogens (primary N) is 1. The number of hydrogen-bond acceptors (Lipinski definition) is 3. The normalized spacial score (nSPS) is 25.3. The molecule has 1 aliphatic heterocycles. The van der Waals surface area contributed by atoms with Gasteiger partial charge in [0, 0.05) is 19.6 Å². The maximum Gasteiger partial charge on any atom is 0.191 e. The summed E-state index contributed by atoms with van der Waals surface area (Å²) in [4.78, 5) is 6.36. The quantitative estimate of drug-likeness (QED) is 0.523. The fourth-order valence-corrected chi connectivity index (χ4v) is 2.11. The highest BCUT2D eigenvalue weighted by molar-refractivity contribution is 5.78. The number of nitrogens with zero attached hydrogens (tertiary/aromatic N) is 2. The molecule has 16 heavy (non-hydrogen) atoms. The SMILES string of the molecule is NC(=NCCC1(O)CCC1)N1CCOCC1. The minimum Gasteiger partial charge on any atom is -0.390 e. The van der Waals surface area contributed by atoms with Crippen molar-refractivity contribution in [2.45, 2.75) is 31.3 Å². The van der Waals surface area contributed by atoms with Gasteiger partial charge in [-0.2, -0.15) is 0 Å². The molecular weight excluding hydrogens is 206 g/mol. The Morgan fingerprint density at radius 2 is 2.06 bits per heavy atom. The third-order valence-corrected chi connectivity index (χ3v) is 3.47. The van der Waals surface area contributed by atoms with Crippen molar-refractivity contribution in [1.29, 1.82) is 0 Å². The Morgan fingerprint density at radius 1 is 1.38 bits per heavy atom. The number of aliphatic hydroxyl groups is 1. The molecule has 3 N–H and O–H groups in total. The van der Waals surface area contributed by atoms with Gasteiger partial charge in [-0.05, 0) is 25.7 Å². The van der Waals surface area contributed by atoms with Crippen LogP contribution in [0.1, 0.15) is 25.7 Å². The van der Waals surface area contributed by atoms with Crippen LogP contribution in [0.3, 0.4) is 0 Å². The first-order valence-electron chi connectivity index (χ1n) is 6.05. The molecule has 0 aromatic heterocycles. The van der Waals surface area contributed by atoms with Crippen LogP contribution in [-0.2, 0) is 4.74 Å².